The molecule has 4 unspecified atom stereocenters. The fraction of sp³-hybridized carbons (Fsp3) is 0.688. The van der Waals surface area contributed by atoms with Crippen LogP contribution in [0.15, 0.2) is 24.5 Å². The van der Waals surface area contributed by atoms with Crippen LogP contribution in [0.2, 0.25) is 0 Å². The molecule has 1 aromatic rings. The topological polar surface area (TPSA) is 34.2 Å². The van der Waals surface area contributed by atoms with Gasteiger partial charge >= 0.3 is 0 Å². The minimum absolute atomic E-state index is 0.501. The molecule has 19 heavy (non-hydrogen) atoms. The van der Waals surface area contributed by atoms with Crippen molar-refractivity contribution in [2.75, 3.05) is 6.54 Å². The molecule has 3 rings (SSSR count). The number of rotatable bonds is 6. The van der Waals surface area contributed by atoms with Crippen LogP contribution in [0.25, 0.3) is 0 Å². The smallest absolute Gasteiger partial charge is 0.0623 e. The van der Waals surface area contributed by atoms with Gasteiger partial charge in [0.05, 0.1) is 12.2 Å². The first kappa shape index (κ1) is 13.1. The van der Waals surface area contributed by atoms with E-state index in [0.717, 1.165) is 13.0 Å². The van der Waals surface area contributed by atoms with Crippen molar-refractivity contribution in [3.05, 3.63) is 30.1 Å². The Morgan fingerprint density at radius 1 is 1.37 bits per heavy atom. The molecule has 0 aliphatic carbocycles. The van der Waals surface area contributed by atoms with Gasteiger partial charge < -0.3 is 10.1 Å². The minimum Gasteiger partial charge on any atom is -0.375 e. The van der Waals surface area contributed by atoms with Crippen molar-refractivity contribution >= 4 is 0 Å². The van der Waals surface area contributed by atoms with Gasteiger partial charge in [0.25, 0.3) is 0 Å². The third kappa shape index (κ3) is 2.98. The maximum Gasteiger partial charge on any atom is 0.0623 e. The molecule has 2 fully saturated rings. The highest BCUT2D eigenvalue weighted by Crippen LogP contribution is 2.41. The second-order valence-corrected chi connectivity index (χ2v) is 5.89. The van der Waals surface area contributed by atoms with Gasteiger partial charge in [0.1, 0.15) is 0 Å². The lowest BCUT2D eigenvalue weighted by molar-refractivity contribution is 0.0857. The Hall–Kier alpha value is -0.930. The Balaban J connectivity index is 1.67. The molecule has 2 saturated heterocycles. The molecule has 4 atom stereocenters. The molecular formula is C16H24N2O. The molecule has 0 radical (unpaired) electrons. The summed E-state index contributed by atoms with van der Waals surface area (Å²) in [6.45, 7) is 3.33. The molecule has 3 nitrogen and oxygen atoms in total. The maximum absolute atomic E-state index is 6.03. The highest BCUT2D eigenvalue weighted by Gasteiger charge is 2.43. The molecule has 1 aromatic heterocycles. The summed E-state index contributed by atoms with van der Waals surface area (Å²) in [5.74, 6) is 0.693. The number of nitrogens with one attached hydrogen (secondary N) is 1. The number of aromatic nitrogens is 1. The number of nitrogens with zero attached hydrogens (tertiary/aromatic N) is 1. The van der Waals surface area contributed by atoms with Crippen LogP contribution in [-0.4, -0.2) is 29.8 Å². The Morgan fingerprint density at radius 3 is 2.84 bits per heavy atom. The van der Waals surface area contributed by atoms with Gasteiger partial charge in [0, 0.05) is 24.4 Å². The van der Waals surface area contributed by atoms with Crippen molar-refractivity contribution in [1.29, 1.82) is 0 Å². The molecule has 104 valence electrons. The van der Waals surface area contributed by atoms with Gasteiger partial charge in [-0.05, 0) is 56.3 Å². The average Bonchev–Trinajstić information content (AvgIpc) is 3.07. The summed E-state index contributed by atoms with van der Waals surface area (Å²) in [6.07, 6.45) is 10.9. The standard InChI is InChI=1S/C16H24N2O/c1-2-7-18-15(10-12-5-8-17-9-6-12)14-11-13-3-4-16(14)19-13/h5-6,8-9,13-16,18H,2-4,7,10-11H2,1H3. The van der Waals surface area contributed by atoms with E-state index in [1.54, 1.807) is 0 Å². The predicted molar refractivity (Wildman–Crippen MR) is 76.0 cm³/mol. The van der Waals surface area contributed by atoms with E-state index >= 15 is 0 Å². The van der Waals surface area contributed by atoms with Crippen LogP contribution in [-0.2, 0) is 11.2 Å². The fourth-order valence-electron chi connectivity index (χ4n) is 3.58. The third-order valence-corrected chi connectivity index (χ3v) is 4.53. The zero-order chi connectivity index (χ0) is 13.1. The fourth-order valence-corrected chi connectivity index (χ4v) is 3.58. The first-order chi connectivity index (χ1) is 9.36. The van der Waals surface area contributed by atoms with Crippen molar-refractivity contribution in [3.8, 4) is 0 Å². The first-order valence-corrected chi connectivity index (χ1v) is 7.64. The Bertz CT molecular complexity index is 395. The van der Waals surface area contributed by atoms with Crippen molar-refractivity contribution in [3.63, 3.8) is 0 Å². The quantitative estimate of drug-likeness (QED) is 0.853. The largest absolute Gasteiger partial charge is 0.375 e. The van der Waals surface area contributed by atoms with Gasteiger partial charge in [-0.2, -0.15) is 0 Å². The van der Waals surface area contributed by atoms with E-state index in [1.165, 1.54) is 31.2 Å². The zero-order valence-corrected chi connectivity index (χ0v) is 11.7. The summed E-state index contributed by atoms with van der Waals surface area (Å²) in [6, 6.07) is 4.82. The summed E-state index contributed by atoms with van der Waals surface area (Å²) < 4.78 is 6.03. The average molecular weight is 260 g/mol. The van der Waals surface area contributed by atoms with E-state index in [4.69, 9.17) is 4.74 Å². The number of hydrogen-bond donors (Lipinski definition) is 1. The highest BCUT2D eigenvalue weighted by molar-refractivity contribution is 5.13. The molecule has 3 heteroatoms. The number of fused-ring (bicyclic) bond motifs is 2. The molecule has 3 heterocycles. The summed E-state index contributed by atoms with van der Waals surface area (Å²) in [5.41, 5.74) is 1.38. The van der Waals surface area contributed by atoms with Crippen LogP contribution in [0.1, 0.15) is 38.2 Å². The molecular weight excluding hydrogens is 236 g/mol. The van der Waals surface area contributed by atoms with Gasteiger partial charge in [0.15, 0.2) is 0 Å². The highest BCUT2D eigenvalue weighted by atomic mass is 16.5. The van der Waals surface area contributed by atoms with Crippen molar-refractivity contribution in [2.24, 2.45) is 5.92 Å². The SMILES string of the molecule is CCCNC(Cc1ccncc1)C1CC2CCC1O2. The molecule has 0 spiro atoms. The molecule has 2 bridgehead atoms. The van der Waals surface area contributed by atoms with Crippen molar-refractivity contribution < 1.29 is 4.74 Å². The number of hydrogen-bond acceptors (Lipinski definition) is 3. The van der Waals surface area contributed by atoms with Gasteiger partial charge in [0.2, 0.25) is 0 Å². The first-order valence-electron chi connectivity index (χ1n) is 7.64. The van der Waals surface area contributed by atoms with Crippen LogP contribution < -0.4 is 5.32 Å². The van der Waals surface area contributed by atoms with Crippen LogP contribution in [0.4, 0.5) is 0 Å². The summed E-state index contributed by atoms with van der Waals surface area (Å²) >= 11 is 0. The second-order valence-electron chi connectivity index (χ2n) is 5.89. The minimum atomic E-state index is 0.501. The van der Waals surface area contributed by atoms with Gasteiger partial charge in [-0.25, -0.2) is 0 Å². The van der Waals surface area contributed by atoms with Crippen LogP contribution in [0.3, 0.4) is 0 Å². The lowest BCUT2D eigenvalue weighted by Crippen LogP contribution is -2.42. The third-order valence-electron chi connectivity index (χ3n) is 4.53. The normalized spacial score (nSPS) is 30.7. The van der Waals surface area contributed by atoms with Crippen molar-refractivity contribution in [1.82, 2.24) is 10.3 Å². The van der Waals surface area contributed by atoms with Crippen molar-refractivity contribution in [2.45, 2.75) is 57.3 Å². The van der Waals surface area contributed by atoms with E-state index in [-0.39, 0.29) is 0 Å². The Morgan fingerprint density at radius 2 is 2.21 bits per heavy atom. The predicted octanol–water partition coefficient (Wildman–Crippen LogP) is 2.56. The summed E-state index contributed by atoms with van der Waals surface area (Å²) in [4.78, 5) is 4.11. The van der Waals surface area contributed by atoms with Gasteiger partial charge in [-0.15, -0.1) is 0 Å². The van der Waals surface area contributed by atoms with Gasteiger partial charge in [-0.3, -0.25) is 4.98 Å². The second kappa shape index (κ2) is 6.02. The monoisotopic (exact) mass is 260 g/mol. The van der Waals surface area contributed by atoms with Crippen LogP contribution in [0, 0.1) is 5.92 Å². The zero-order valence-electron chi connectivity index (χ0n) is 11.7. The molecule has 0 saturated carbocycles. The Labute approximate surface area is 115 Å². The van der Waals surface area contributed by atoms with Gasteiger partial charge in [-0.1, -0.05) is 6.92 Å². The maximum atomic E-state index is 6.03. The number of pyridine rings is 1. The molecule has 1 N–H and O–H groups in total. The van der Waals surface area contributed by atoms with E-state index in [9.17, 15) is 0 Å². The summed E-state index contributed by atoms with van der Waals surface area (Å²) in [7, 11) is 0. The van der Waals surface area contributed by atoms with E-state index in [0.29, 0.717) is 24.2 Å². The lowest BCUT2D eigenvalue weighted by Gasteiger charge is -2.29. The molecule has 2 aliphatic heterocycles. The summed E-state index contributed by atoms with van der Waals surface area (Å²) in [5, 5.41) is 3.74. The van der Waals surface area contributed by atoms with Crippen LogP contribution >= 0.6 is 0 Å². The molecule has 0 amide bonds. The van der Waals surface area contributed by atoms with E-state index < -0.39 is 0 Å². The Kier molecular flexibility index (Phi) is 4.14. The lowest BCUT2D eigenvalue weighted by atomic mass is 9.81. The van der Waals surface area contributed by atoms with Crippen LogP contribution in [0.5, 0.6) is 0 Å². The van der Waals surface area contributed by atoms with E-state index in [1.807, 2.05) is 12.4 Å². The molecule has 2 aliphatic rings. The molecule has 0 aromatic carbocycles. The van der Waals surface area contributed by atoms with E-state index in [2.05, 4.69) is 29.4 Å². The number of ether oxygens (including phenoxy) is 1.